The van der Waals surface area contributed by atoms with Crippen LogP contribution in [0.2, 0.25) is 0 Å². The summed E-state index contributed by atoms with van der Waals surface area (Å²) in [4.78, 5) is 0. The molecule has 0 bridgehead atoms. The maximum atomic E-state index is 2.28. The molecule has 1 aromatic carbocycles. The molecule has 2 rings (SSSR count). The molecule has 1 aromatic rings. The number of hydrogen-bond donors (Lipinski definition) is 0. The Labute approximate surface area is 118 Å². The fourth-order valence-electron chi connectivity index (χ4n) is 2.08. The fourth-order valence-corrected chi connectivity index (χ4v) is 2.08. The molecule has 86 valence electrons. The van der Waals surface area contributed by atoms with Crippen molar-refractivity contribution in [1.29, 1.82) is 0 Å². The fraction of sp³-hybridized carbons (Fsp3) is 0.188. The van der Waals surface area contributed by atoms with Crippen LogP contribution in [0.25, 0.3) is 0 Å². The van der Waals surface area contributed by atoms with Crippen molar-refractivity contribution in [3.05, 3.63) is 77.3 Å². The van der Waals surface area contributed by atoms with Crippen LogP contribution >= 0.6 is 0 Å². The average Bonchev–Trinajstić information content (AvgIpc) is 2.30. The Morgan fingerprint density at radius 3 is 2.71 bits per heavy atom. The minimum Gasteiger partial charge on any atom is -0.142 e. The van der Waals surface area contributed by atoms with Crippen molar-refractivity contribution in [2.75, 3.05) is 0 Å². The molecule has 0 radical (unpaired) electrons. The minimum atomic E-state index is 0. The van der Waals surface area contributed by atoms with Crippen LogP contribution in [0.1, 0.15) is 25.0 Å². The Kier molecular flexibility index (Phi) is 5.51. The van der Waals surface area contributed by atoms with Crippen molar-refractivity contribution in [3.63, 3.8) is 0 Å². The first-order valence-electron chi connectivity index (χ1n) is 5.73. The van der Waals surface area contributed by atoms with Crippen molar-refractivity contribution >= 4 is 0 Å². The minimum absolute atomic E-state index is 0. The van der Waals surface area contributed by atoms with Crippen LogP contribution in [0.3, 0.4) is 0 Å². The van der Waals surface area contributed by atoms with Crippen LogP contribution in [0, 0.1) is 5.92 Å². The van der Waals surface area contributed by atoms with Gasteiger partial charge in [0.05, 0.1) is 0 Å². The molecule has 0 heterocycles. The van der Waals surface area contributed by atoms with Gasteiger partial charge in [0.1, 0.15) is 0 Å². The van der Waals surface area contributed by atoms with Gasteiger partial charge in [-0.3, -0.25) is 0 Å². The molecule has 0 atom stereocenters. The maximum Gasteiger partial charge on any atom is 2.00 e. The van der Waals surface area contributed by atoms with Crippen LogP contribution < -0.4 is 0 Å². The molecule has 1 heteroatoms. The van der Waals surface area contributed by atoms with E-state index >= 15 is 0 Å². The van der Waals surface area contributed by atoms with Gasteiger partial charge in [-0.05, 0) is 6.92 Å². The Morgan fingerprint density at radius 2 is 1.94 bits per heavy atom. The zero-order valence-electron chi connectivity index (χ0n) is 10.3. The molecular weight excluding hydrogens is 376 g/mol. The van der Waals surface area contributed by atoms with E-state index in [0.29, 0.717) is 0 Å². The van der Waals surface area contributed by atoms with Crippen molar-refractivity contribution < 1.29 is 21.1 Å². The SMILES string of the molecule is C/C=C/C=C/C1=C[C-](C)c2ccccc2C1.[W+2]. The molecular formula is C16H17W+. The summed E-state index contributed by atoms with van der Waals surface area (Å²) in [6.45, 7) is 4.22. The number of fused-ring (bicyclic) bond motifs is 1. The van der Waals surface area contributed by atoms with Gasteiger partial charge in [-0.2, -0.15) is 0 Å². The predicted molar refractivity (Wildman–Crippen MR) is 70.2 cm³/mol. The van der Waals surface area contributed by atoms with Gasteiger partial charge < -0.3 is 0 Å². The van der Waals surface area contributed by atoms with E-state index in [9.17, 15) is 0 Å². The molecule has 0 fully saturated rings. The second-order valence-corrected chi connectivity index (χ2v) is 4.12. The van der Waals surface area contributed by atoms with E-state index in [1.807, 2.05) is 13.0 Å². The number of allylic oxidation sites excluding steroid dienone is 6. The quantitative estimate of drug-likeness (QED) is 0.521. The van der Waals surface area contributed by atoms with Gasteiger partial charge in [0.25, 0.3) is 0 Å². The third-order valence-electron chi connectivity index (χ3n) is 2.85. The van der Waals surface area contributed by atoms with Crippen molar-refractivity contribution in [2.45, 2.75) is 20.3 Å². The van der Waals surface area contributed by atoms with Crippen molar-refractivity contribution in [1.82, 2.24) is 0 Å². The molecule has 17 heavy (non-hydrogen) atoms. The molecule has 0 amide bonds. The van der Waals surface area contributed by atoms with Gasteiger partial charge >= 0.3 is 21.1 Å². The second-order valence-electron chi connectivity index (χ2n) is 4.12. The van der Waals surface area contributed by atoms with Crippen LogP contribution in [0.5, 0.6) is 0 Å². The van der Waals surface area contributed by atoms with E-state index in [4.69, 9.17) is 0 Å². The molecule has 0 aromatic heterocycles. The summed E-state index contributed by atoms with van der Waals surface area (Å²) in [6.07, 6.45) is 11.7. The van der Waals surface area contributed by atoms with Crippen LogP contribution in [-0.2, 0) is 27.5 Å². The number of rotatable bonds is 2. The maximum absolute atomic E-state index is 2.28. The van der Waals surface area contributed by atoms with E-state index in [0.717, 1.165) is 6.42 Å². The molecule has 1 aliphatic carbocycles. The molecule has 0 unspecified atom stereocenters. The average molecular weight is 393 g/mol. The third-order valence-corrected chi connectivity index (χ3v) is 2.85. The number of benzene rings is 1. The second kappa shape index (κ2) is 6.67. The third kappa shape index (κ3) is 3.48. The van der Waals surface area contributed by atoms with Crippen molar-refractivity contribution in [2.24, 2.45) is 0 Å². The monoisotopic (exact) mass is 393 g/mol. The summed E-state index contributed by atoms with van der Waals surface area (Å²) in [5.41, 5.74) is 4.21. The van der Waals surface area contributed by atoms with Crippen LogP contribution in [0.15, 0.2) is 60.2 Å². The molecule has 0 spiro atoms. The topological polar surface area (TPSA) is 0 Å². The zero-order valence-corrected chi connectivity index (χ0v) is 13.2. The van der Waals surface area contributed by atoms with Gasteiger partial charge in [-0.25, -0.2) is 0 Å². The molecule has 1 aliphatic rings. The van der Waals surface area contributed by atoms with Gasteiger partial charge in [-0.1, -0.05) is 37.6 Å². The Bertz CT molecular complexity index is 452. The molecule has 0 saturated carbocycles. The standard InChI is InChI=1S/C16H17.W/c1-3-4-5-8-14-11-13(2)16-10-7-6-9-15(16)12-14;/h3-11H,12H2,1-2H3;/q-1;+2/b4-3+,8-5+;. The summed E-state index contributed by atoms with van der Waals surface area (Å²) in [5.74, 6) is 1.36. The van der Waals surface area contributed by atoms with Gasteiger partial charge in [-0.15, -0.1) is 53.0 Å². The van der Waals surface area contributed by atoms with Crippen molar-refractivity contribution in [3.8, 4) is 0 Å². The number of hydrogen-bond acceptors (Lipinski definition) is 0. The van der Waals surface area contributed by atoms with Crippen LogP contribution in [0.4, 0.5) is 0 Å². The van der Waals surface area contributed by atoms with E-state index in [1.165, 1.54) is 22.6 Å². The summed E-state index contributed by atoms with van der Waals surface area (Å²) >= 11 is 0. The first kappa shape index (κ1) is 14.1. The Morgan fingerprint density at radius 1 is 1.18 bits per heavy atom. The van der Waals surface area contributed by atoms with Gasteiger partial charge in [0.2, 0.25) is 0 Å². The summed E-state index contributed by atoms with van der Waals surface area (Å²) in [7, 11) is 0. The molecule has 0 N–H and O–H groups in total. The zero-order chi connectivity index (χ0) is 11.4. The van der Waals surface area contributed by atoms with Crippen LogP contribution in [-0.4, -0.2) is 0 Å². The summed E-state index contributed by atoms with van der Waals surface area (Å²) in [5, 5.41) is 0. The van der Waals surface area contributed by atoms with E-state index < -0.39 is 0 Å². The van der Waals surface area contributed by atoms with Gasteiger partial charge in [0, 0.05) is 0 Å². The first-order chi connectivity index (χ1) is 7.81. The summed E-state index contributed by atoms with van der Waals surface area (Å²) in [6, 6.07) is 8.64. The largest absolute Gasteiger partial charge is 2.00 e. The van der Waals surface area contributed by atoms with Gasteiger partial charge in [0.15, 0.2) is 0 Å². The Balaban J connectivity index is 0.00000144. The first-order valence-corrected chi connectivity index (χ1v) is 5.73. The predicted octanol–water partition coefficient (Wildman–Crippen LogP) is 4.24. The molecule has 0 nitrogen and oxygen atoms in total. The van der Waals surface area contributed by atoms with E-state index in [-0.39, 0.29) is 21.1 Å². The van der Waals surface area contributed by atoms with E-state index in [2.05, 4.69) is 55.5 Å². The smallest absolute Gasteiger partial charge is 0.142 e. The molecule has 0 saturated heterocycles. The summed E-state index contributed by atoms with van der Waals surface area (Å²) < 4.78 is 0. The normalized spacial score (nSPS) is 14.7. The van der Waals surface area contributed by atoms with E-state index in [1.54, 1.807) is 0 Å². The Hall–Kier alpha value is -1.00. The molecule has 0 aliphatic heterocycles.